The molecular weight excluding hydrogens is 256 g/mol. The van der Waals surface area contributed by atoms with E-state index in [0.29, 0.717) is 0 Å². The molecule has 1 aliphatic heterocycles. The molecule has 1 N–H and O–H groups in total. The molecular formula is C13H13F2NO3. The van der Waals surface area contributed by atoms with Crippen LogP contribution in [0.2, 0.25) is 0 Å². The highest BCUT2D eigenvalue weighted by Gasteiger charge is 2.32. The van der Waals surface area contributed by atoms with Gasteiger partial charge in [-0.15, -0.1) is 0 Å². The van der Waals surface area contributed by atoms with Gasteiger partial charge in [-0.25, -0.2) is 8.78 Å². The minimum atomic E-state index is -1.04. The molecule has 0 bridgehead atoms. The summed E-state index contributed by atoms with van der Waals surface area (Å²) in [4.78, 5) is 23.7. The number of aryl methyl sites for hydroxylation is 1. The molecule has 1 aliphatic rings. The van der Waals surface area contributed by atoms with Gasteiger partial charge < -0.3 is 10.0 Å². The zero-order valence-electron chi connectivity index (χ0n) is 10.3. The predicted octanol–water partition coefficient (Wildman–Crippen LogP) is 2.10. The maximum Gasteiger partial charge on any atom is 0.308 e. The molecule has 0 saturated carbocycles. The highest BCUT2D eigenvalue weighted by molar-refractivity contribution is 5.95. The molecule has 0 aliphatic carbocycles. The average molecular weight is 269 g/mol. The number of benzene rings is 1. The number of piperidine rings is 1. The lowest BCUT2D eigenvalue weighted by Crippen LogP contribution is -2.43. The Morgan fingerprint density at radius 1 is 1.37 bits per heavy atom. The van der Waals surface area contributed by atoms with E-state index in [1.54, 1.807) is 0 Å². The van der Waals surface area contributed by atoms with E-state index in [9.17, 15) is 18.4 Å². The van der Waals surface area contributed by atoms with Crippen molar-refractivity contribution in [1.82, 2.24) is 0 Å². The van der Waals surface area contributed by atoms with Crippen molar-refractivity contribution in [3.63, 3.8) is 0 Å². The maximum absolute atomic E-state index is 13.8. The van der Waals surface area contributed by atoms with Gasteiger partial charge in [-0.2, -0.15) is 0 Å². The first-order chi connectivity index (χ1) is 8.90. The van der Waals surface area contributed by atoms with Gasteiger partial charge in [-0.05, 0) is 25.0 Å². The lowest BCUT2D eigenvalue weighted by Gasteiger charge is -2.31. The summed E-state index contributed by atoms with van der Waals surface area (Å²) < 4.78 is 27.3. The van der Waals surface area contributed by atoms with Crippen LogP contribution in [0.1, 0.15) is 18.4 Å². The van der Waals surface area contributed by atoms with Crippen molar-refractivity contribution in [2.75, 3.05) is 11.4 Å². The van der Waals surface area contributed by atoms with E-state index in [1.165, 1.54) is 6.92 Å². The molecule has 1 aromatic rings. The zero-order chi connectivity index (χ0) is 14.2. The highest BCUT2D eigenvalue weighted by atomic mass is 19.1. The first-order valence-corrected chi connectivity index (χ1v) is 5.89. The van der Waals surface area contributed by atoms with E-state index in [1.807, 2.05) is 0 Å². The van der Waals surface area contributed by atoms with Crippen molar-refractivity contribution < 1.29 is 23.5 Å². The standard InChI is InChI=1S/C13H13F2NO3/c1-7-4-10(15)11(5-9(7)14)16-6-8(13(18)19)2-3-12(16)17/h4-5,8H,2-3,6H2,1H3,(H,18,19). The summed E-state index contributed by atoms with van der Waals surface area (Å²) in [6, 6.07) is 1.94. The highest BCUT2D eigenvalue weighted by Crippen LogP contribution is 2.28. The number of hydrogen-bond acceptors (Lipinski definition) is 2. The molecule has 1 fully saturated rings. The van der Waals surface area contributed by atoms with Crippen LogP contribution in [0, 0.1) is 24.5 Å². The third-order valence-electron chi connectivity index (χ3n) is 3.28. The molecule has 19 heavy (non-hydrogen) atoms. The van der Waals surface area contributed by atoms with Gasteiger partial charge in [0.2, 0.25) is 5.91 Å². The summed E-state index contributed by atoms with van der Waals surface area (Å²) in [5.74, 6) is -3.52. The van der Waals surface area contributed by atoms with Crippen molar-refractivity contribution in [2.45, 2.75) is 19.8 Å². The van der Waals surface area contributed by atoms with Gasteiger partial charge in [0.05, 0.1) is 11.6 Å². The molecule has 0 aromatic heterocycles. The Bertz CT molecular complexity index is 545. The molecule has 1 atom stereocenters. The van der Waals surface area contributed by atoms with Crippen molar-refractivity contribution >= 4 is 17.6 Å². The van der Waals surface area contributed by atoms with Crippen LogP contribution in [-0.2, 0) is 9.59 Å². The van der Waals surface area contributed by atoms with Gasteiger partial charge in [0.1, 0.15) is 11.6 Å². The minimum Gasteiger partial charge on any atom is -0.481 e. The molecule has 1 heterocycles. The van der Waals surface area contributed by atoms with Crippen LogP contribution in [-0.4, -0.2) is 23.5 Å². The second-order valence-corrected chi connectivity index (χ2v) is 4.63. The molecule has 1 aromatic carbocycles. The lowest BCUT2D eigenvalue weighted by atomic mass is 9.97. The number of carbonyl (C=O) groups excluding carboxylic acids is 1. The number of halogens is 2. The minimum absolute atomic E-state index is 0.0197. The summed E-state index contributed by atoms with van der Waals surface area (Å²) >= 11 is 0. The van der Waals surface area contributed by atoms with Crippen LogP contribution >= 0.6 is 0 Å². The maximum atomic E-state index is 13.8. The summed E-state index contributed by atoms with van der Waals surface area (Å²) in [5.41, 5.74) is -0.0560. The van der Waals surface area contributed by atoms with Crippen molar-refractivity contribution in [3.8, 4) is 0 Å². The molecule has 102 valence electrons. The molecule has 6 heteroatoms. The van der Waals surface area contributed by atoms with E-state index < -0.39 is 23.5 Å². The number of anilines is 1. The van der Waals surface area contributed by atoms with Crippen LogP contribution < -0.4 is 4.90 Å². The van der Waals surface area contributed by atoms with Gasteiger partial charge in [-0.1, -0.05) is 0 Å². The van der Waals surface area contributed by atoms with Crippen molar-refractivity contribution in [3.05, 3.63) is 29.3 Å². The monoisotopic (exact) mass is 269 g/mol. The molecule has 4 nitrogen and oxygen atoms in total. The first kappa shape index (κ1) is 13.5. The third kappa shape index (κ3) is 2.57. The number of carbonyl (C=O) groups is 2. The smallest absolute Gasteiger partial charge is 0.308 e. The number of nitrogens with zero attached hydrogens (tertiary/aromatic N) is 1. The van der Waals surface area contributed by atoms with E-state index >= 15 is 0 Å². The number of amides is 1. The average Bonchev–Trinajstić information content (AvgIpc) is 2.34. The number of aliphatic carboxylic acids is 1. The Hall–Kier alpha value is -1.98. The van der Waals surface area contributed by atoms with Gasteiger partial charge in [0.15, 0.2) is 0 Å². The van der Waals surface area contributed by atoms with Crippen molar-refractivity contribution in [2.24, 2.45) is 5.92 Å². The van der Waals surface area contributed by atoms with E-state index in [2.05, 4.69) is 0 Å². The Morgan fingerprint density at radius 2 is 2.05 bits per heavy atom. The lowest BCUT2D eigenvalue weighted by molar-refractivity contribution is -0.142. The number of hydrogen-bond donors (Lipinski definition) is 1. The summed E-state index contributed by atoms with van der Waals surface area (Å²) in [7, 11) is 0. The third-order valence-corrected chi connectivity index (χ3v) is 3.28. The van der Waals surface area contributed by atoms with E-state index in [4.69, 9.17) is 5.11 Å². The SMILES string of the molecule is Cc1cc(F)c(N2CC(C(=O)O)CCC2=O)cc1F. The Balaban J connectivity index is 2.36. The zero-order valence-corrected chi connectivity index (χ0v) is 10.3. The fourth-order valence-electron chi connectivity index (χ4n) is 2.12. The van der Waals surface area contributed by atoms with Gasteiger partial charge in [0, 0.05) is 19.0 Å². The number of carboxylic acid groups (broad SMARTS) is 1. The summed E-state index contributed by atoms with van der Waals surface area (Å²) in [6.45, 7) is 1.29. The molecule has 1 amide bonds. The summed E-state index contributed by atoms with van der Waals surface area (Å²) in [6.07, 6.45) is 0.243. The van der Waals surface area contributed by atoms with Crippen LogP contribution in [0.15, 0.2) is 12.1 Å². The van der Waals surface area contributed by atoms with Crippen LogP contribution in [0.25, 0.3) is 0 Å². The fourth-order valence-corrected chi connectivity index (χ4v) is 2.12. The Kier molecular flexibility index (Phi) is 3.50. The fraction of sp³-hybridized carbons (Fsp3) is 0.385. The largest absolute Gasteiger partial charge is 0.481 e. The molecule has 2 rings (SSSR count). The van der Waals surface area contributed by atoms with Gasteiger partial charge in [0.25, 0.3) is 0 Å². The Morgan fingerprint density at radius 3 is 2.68 bits per heavy atom. The second-order valence-electron chi connectivity index (χ2n) is 4.63. The predicted molar refractivity (Wildman–Crippen MR) is 63.8 cm³/mol. The quantitative estimate of drug-likeness (QED) is 0.894. The van der Waals surface area contributed by atoms with E-state index in [-0.39, 0.29) is 36.5 Å². The number of rotatable bonds is 2. The van der Waals surface area contributed by atoms with Gasteiger partial charge in [-0.3, -0.25) is 9.59 Å². The van der Waals surface area contributed by atoms with E-state index in [0.717, 1.165) is 17.0 Å². The normalized spacial score (nSPS) is 19.6. The topological polar surface area (TPSA) is 57.6 Å². The molecule has 0 spiro atoms. The Labute approximate surface area is 108 Å². The molecule has 1 unspecified atom stereocenters. The van der Waals surface area contributed by atoms with Gasteiger partial charge >= 0.3 is 5.97 Å². The molecule has 1 saturated heterocycles. The first-order valence-electron chi connectivity index (χ1n) is 5.89. The van der Waals surface area contributed by atoms with Crippen LogP contribution in [0.5, 0.6) is 0 Å². The molecule has 0 radical (unpaired) electrons. The van der Waals surface area contributed by atoms with Crippen LogP contribution in [0.4, 0.5) is 14.5 Å². The number of carboxylic acids is 1. The second kappa shape index (κ2) is 4.95. The van der Waals surface area contributed by atoms with Crippen molar-refractivity contribution in [1.29, 1.82) is 0 Å². The van der Waals surface area contributed by atoms with Crippen LogP contribution in [0.3, 0.4) is 0 Å². The summed E-state index contributed by atoms with van der Waals surface area (Å²) in [5, 5.41) is 8.95.